The first-order chi connectivity index (χ1) is 13.6. The lowest BCUT2D eigenvalue weighted by atomic mass is 9.93. The molecule has 146 valence electrons. The van der Waals surface area contributed by atoms with Crippen molar-refractivity contribution in [3.63, 3.8) is 0 Å². The average molecular weight is 380 g/mol. The van der Waals surface area contributed by atoms with Gasteiger partial charge in [0.1, 0.15) is 6.54 Å². The van der Waals surface area contributed by atoms with E-state index < -0.39 is 0 Å². The van der Waals surface area contributed by atoms with Gasteiger partial charge >= 0.3 is 0 Å². The molecule has 2 aliphatic rings. The van der Waals surface area contributed by atoms with Crippen molar-refractivity contribution in [1.82, 2.24) is 4.90 Å². The van der Waals surface area contributed by atoms with Gasteiger partial charge in [0, 0.05) is 30.8 Å². The summed E-state index contributed by atoms with van der Waals surface area (Å²) in [6, 6.07) is 15.2. The number of nitrogens with zero attached hydrogens (tertiary/aromatic N) is 2. The van der Waals surface area contributed by atoms with Crippen molar-refractivity contribution in [1.29, 1.82) is 0 Å². The number of nitrogens with one attached hydrogen (secondary N) is 1. The molecule has 2 aromatic rings. The summed E-state index contributed by atoms with van der Waals surface area (Å²) in [6.45, 7) is 4.23. The van der Waals surface area contributed by atoms with Crippen LogP contribution in [0.3, 0.4) is 0 Å². The highest BCUT2D eigenvalue weighted by atomic mass is 16.6. The van der Waals surface area contributed by atoms with Crippen LogP contribution < -0.4 is 4.90 Å². The number of quaternary nitrogens is 1. The summed E-state index contributed by atoms with van der Waals surface area (Å²) in [7, 11) is 0. The van der Waals surface area contributed by atoms with Gasteiger partial charge in [0.25, 0.3) is 5.69 Å². The predicted octanol–water partition coefficient (Wildman–Crippen LogP) is 1.97. The van der Waals surface area contributed by atoms with Crippen molar-refractivity contribution >= 4 is 11.6 Å². The van der Waals surface area contributed by atoms with Crippen LogP contribution in [0, 0.1) is 16.0 Å². The summed E-state index contributed by atoms with van der Waals surface area (Å²) in [5, 5.41) is 10.8. The third-order valence-electron chi connectivity index (χ3n) is 6.01. The van der Waals surface area contributed by atoms with E-state index in [0.29, 0.717) is 0 Å². The van der Waals surface area contributed by atoms with Crippen molar-refractivity contribution in [3.05, 3.63) is 75.3 Å². The lowest BCUT2D eigenvalue weighted by Crippen LogP contribution is -3.12. The molecule has 1 saturated heterocycles. The number of piperidine rings is 1. The largest absolute Gasteiger partial charge is 0.338 e. The average Bonchev–Trinajstić information content (AvgIpc) is 2.73. The fraction of sp³-hybridized carbons (Fsp3) is 0.409. The van der Waals surface area contributed by atoms with Crippen molar-refractivity contribution < 1.29 is 14.6 Å². The maximum Gasteiger partial charge on any atom is 0.269 e. The van der Waals surface area contributed by atoms with Crippen LogP contribution in [0.1, 0.15) is 29.5 Å². The Bertz CT molecular complexity index is 866. The third-order valence-corrected chi connectivity index (χ3v) is 6.01. The second-order valence-electron chi connectivity index (χ2n) is 7.92. The van der Waals surface area contributed by atoms with Gasteiger partial charge in [-0.3, -0.25) is 14.9 Å². The Morgan fingerprint density at radius 3 is 2.64 bits per heavy atom. The van der Waals surface area contributed by atoms with Crippen molar-refractivity contribution in [3.8, 4) is 0 Å². The summed E-state index contributed by atoms with van der Waals surface area (Å²) >= 11 is 0. The van der Waals surface area contributed by atoms with E-state index in [-0.39, 0.29) is 22.4 Å². The first-order valence-corrected chi connectivity index (χ1v) is 10.0. The fourth-order valence-corrected chi connectivity index (χ4v) is 4.49. The number of hydrogen-bond donors (Lipinski definition) is 1. The Morgan fingerprint density at radius 1 is 1.14 bits per heavy atom. The van der Waals surface area contributed by atoms with Crippen molar-refractivity contribution in [2.24, 2.45) is 5.92 Å². The van der Waals surface area contributed by atoms with Crippen LogP contribution in [0.2, 0.25) is 0 Å². The van der Waals surface area contributed by atoms with E-state index in [1.807, 2.05) is 23.1 Å². The minimum atomic E-state index is -0.372. The number of carbonyl (C=O) groups excluding carboxylic acids is 1. The molecule has 0 bridgehead atoms. The molecule has 0 spiro atoms. The maximum absolute atomic E-state index is 13.1. The van der Waals surface area contributed by atoms with Gasteiger partial charge in [-0.25, -0.2) is 0 Å². The van der Waals surface area contributed by atoms with Crippen LogP contribution in [0.5, 0.6) is 0 Å². The van der Waals surface area contributed by atoms with Gasteiger partial charge in [0.05, 0.1) is 23.9 Å². The lowest BCUT2D eigenvalue weighted by molar-refractivity contribution is -0.921. The molecule has 1 unspecified atom stereocenters. The molecule has 2 aliphatic heterocycles. The quantitative estimate of drug-likeness (QED) is 0.651. The number of fused-ring (bicyclic) bond motifs is 1. The molecule has 2 heterocycles. The Hall–Kier alpha value is -2.73. The molecule has 1 fully saturated rings. The van der Waals surface area contributed by atoms with Gasteiger partial charge in [-0.05, 0) is 42.5 Å². The van der Waals surface area contributed by atoms with Crippen LogP contribution in [-0.2, 0) is 24.3 Å². The standard InChI is InChI=1S/C22H25N3O3/c26-22(24-13-11-18-4-1-2-5-19(18)16-24)20-6-3-12-23(15-20)14-17-7-9-21(10-8-17)25(27)28/h1-2,4-5,7-10,20H,3,6,11-16H2/p+1/t20-/m1/s1. The zero-order valence-corrected chi connectivity index (χ0v) is 16.0. The number of benzene rings is 2. The summed E-state index contributed by atoms with van der Waals surface area (Å²) in [4.78, 5) is 27.0. The molecule has 28 heavy (non-hydrogen) atoms. The summed E-state index contributed by atoms with van der Waals surface area (Å²) in [5.41, 5.74) is 3.84. The van der Waals surface area contributed by atoms with Crippen LogP contribution in [-0.4, -0.2) is 35.4 Å². The minimum Gasteiger partial charge on any atom is -0.338 e. The van der Waals surface area contributed by atoms with E-state index >= 15 is 0 Å². The number of rotatable bonds is 4. The monoisotopic (exact) mass is 380 g/mol. The number of likely N-dealkylation sites (tertiary alicyclic amines) is 1. The zero-order chi connectivity index (χ0) is 19.5. The third kappa shape index (κ3) is 4.07. The van der Waals surface area contributed by atoms with Gasteiger partial charge in [-0.2, -0.15) is 0 Å². The van der Waals surface area contributed by atoms with Gasteiger partial charge in [-0.15, -0.1) is 0 Å². The lowest BCUT2D eigenvalue weighted by Gasteiger charge is -2.35. The SMILES string of the molecule is O=C([C@@H]1CCC[NH+](Cc2ccc([N+](=O)[O-])cc2)C1)N1CCc2ccccc2C1. The maximum atomic E-state index is 13.1. The molecule has 1 amide bonds. The van der Waals surface area contributed by atoms with Crippen molar-refractivity contribution in [2.45, 2.75) is 32.4 Å². The van der Waals surface area contributed by atoms with E-state index in [2.05, 4.69) is 18.2 Å². The number of nitro benzene ring substituents is 1. The molecule has 6 heteroatoms. The Balaban J connectivity index is 1.37. The predicted molar refractivity (Wildman–Crippen MR) is 106 cm³/mol. The van der Waals surface area contributed by atoms with Gasteiger partial charge in [0.15, 0.2) is 0 Å². The van der Waals surface area contributed by atoms with Crippen LogP contribution in [0.4, 0.5) is 5.69 Å². The van der Waals surface area contributed by atoms with Crippen molar-refractivity contribution in [2.75, 3.05) is 19.6 Å². The molecule has 2 atom stereocenters. The second kappa shape index (κ2) is 8.10. The van der Waals surface area contributed by atoms with E-state index in [9.17, 15) is 14.9 Å². The highest BCUT2D eigenvalue weighted by Crippen LogP contribution is 2.21. The summed E-state index contributed by atoms with van der Waals surface area (Å²) < 4.78 is 0. The Labute approximate surface area is 164 Å². The molecule has 0 radical (unpaired) electrons. The normalized spacial score (nSPS) is 21.8. The first kappa shape index (κ1) is 18.6. The highest BCUT2D eigenvalue weighted by Gasteiger charge is 2.33. The van der Waals surface area contributed by atoms with Crippen LogP contribution in [0.15, 0.2) is 48.5 Å². The molecular formula is C22H26N3O3+. The highest BCUT2D eigenvalue weighted by molar-refractivity contribution is 5.79. The molecule has 2 aromatic carbocycles. The molecule has 0 aromatic heterocycles. The summed E-state index contributed by atoms with van der Waals surface area (Å²) in [5.74, 6) is 0.363. The fourth-order valence-electron chi connectivity index (χ4n) is 4.49. The smallest absolute Gasteiger partial charge is 0.269 e. The number of nitro groups is 1. The topological polar surface area (TPSA) is 67.9 Å². The van der Waals surface area contributed by atoms with E-state index in [1.54, 1.807) is 12.1 Å². The Morgan fingerprint density at radius 2 is 1.89 bits per heavy atom. The second-order valence-corrected chi connectivity index (χ2v) is 7.92. The number of amides is 1. The molecule has 4 rings (SSSR count). The number of hydrogen-bond acceptors (Lipinski definition) is 3. The number of carbonyl (C=O) groups is 1. The van der Waals surface area contributed by atoms with E-state index in [4.69, 9.17) is 0 Å². The van der Waals surface area contributed by atoms with Crippen LogP contribution in [0.25, 0.3) is 0 Å². The first-order valence-electron chi connectivity index (χ1n) is 10.0. The van der Waals surface area contributed by atoms with E-state index in [0.717, 1.165) is 57.5 Å². The Kier molecular flexibility index (Phi) is 5.39. The zero-order valence-electron chi connectivity index (χ0n) is 16.0. The molecule has 1 N–H and O–H groups in total. The van der Waals surface area contributed by atoms with Gasteiger partial charge in [-0.1, -0.05) is 24.3 Å². The molecule has 0 aliphatic carbocycles. The molecule has 0 saturated carbocycles. The minimum absolute atomic E-state index is 0.0760. The van der Waals surface area contributed by atoms with Crippen LogP contribution >= 0.6 is 0 Å². The van der Waals surface area contributed by atoms with Gasteiger partial charge in [0.2, 0.25) is 5.91 Å². The molecular weight excluding hydrogens is 354 g/mol. The van der Waals surface area contributed by atoms with E-state index in [1.165, 1.54) is 16.0 Å². The molecule has 6 nitrogen and oxygen atoms in total. The number of non-ortho nitro benzene ring substituents is 1. The van der Waals surface area contributed by atoms with Gasteiger partial charge < -0.3 is 9.80 Å². The summed E-state index contributed by atoms with van der Waals surface area (Å²) in [6.07, 6.45) is 2.94.